The van der Waals surface area contributed by atoms with E-state index in [0.717, 1.165) is 37.5 Å². The number of rotatable bonds is 4. The van der Waals surface area contributed by atoms with Gasteiger partial charge in [-0.2, -0.15) is 0 Å². The molecule has 0 aromatic rings. The van der Waals surface area contributed by atoms with E-state index in [1.807, 2.05) is 0 Å². The van der Waals surface area contributed by atoms with Crippen molar-refractivity contribution in [2.24, 2.45) is 11.8 Å². The highest BCUT2D eigenvalue weighted by Gasteiger charge is 2.27. The Kier molecular flexibility index (Phi) is 6.72. The third kappa shape index (κ3) is 6.04. The van der Waals surface area contributed by atoms with Gasteiger partial charge in [-0.05, 0) is 69.6 Å². The van der Waals surface area contributed by atoms with Gasteiger partial charge >= 0.3 is 6.03 Å². The largest absolute Gasteiger partial charge is 0.354 e. The third-order valence-corrected chi connectivity index (χ3v) is 5.50. The molecular formula is C18H33N3O2. The van der Waals surface area contributed by atoms with Crippen molar-refractivity contribution < 1.29 is 9.59 Å². The van der Waals surface area contributed by atoms with Gasteiger partial charge in [0.25, 0.3) is 0 Å². The van der Waals surface area contributed by atoms with E-state index >= 15 is 0 Å². The molecule has 2 rings (SSSR count). The minimum absolute atomic E-state index is 0.0322. The molecule has 2 N–H and O–H groups in total. The Bertz CT molecular complexity index is 395. The van der Waals surface area contributed by atoms with Crippen LogP contribution in [0.25, 0.3) is 0 Å². The van der Waals surface area contributed by atoms with Crippen molar-refractivity contribution in [3.8, 4) is 0 Å². The predicted molar refractivity (Wildman–Crippen MR) is 92.1 cm³/mol. The van der Waals surface area contributed by atoms with Crippen LogP contribution >= 0.6 is 0 Å². The van der Waals surface area contributed by atoms with Crippen LogP contribution in [0.5, 0.6) is 0 Å². The van der Waals surface area contributed by atoms with E-state index in [9.17, 15) is 9.59 Å². The molecular weight excluding hydrogens is 290 g/mol. The summed E-state index contributed by atoms with van der Waals surface area (Å²) in [5.74, 6) is 1.76. The van der Waals surface area contributed by atoms with E-state index in [-0.39, 0.29) is 11.9 Å². The van der Waals surface area contributed by atoms with E-state index in [0.29, 0.717) is 12.1 Å². The third-order valence-electron chi connectivity index (χ3n) is 5.50. The lowest BCUT2D eigenvalue weighted by atomic mass is 9.75. The fraction of sp³-hybridized carbons (Fsp3) is 0.889. The second kappa shape index (κ2) is 8.55. The van der Waals surface area contributed by atoms with Gasteiger partial charge in [-0.15, -0.1) is 0 Å². The van der Waals surface area contributed by atoms with Gasteiger partial charge in [0.1, 0.15) is 0 Å². The summed E-state index contributed by atoms with van der Waals surface area (Å²) in [6.45, 7) is 1.61. The summed E-state index contributed by atoms with van der Waals surface area (Å²) >= 11 is 0. The second-order valence-electron chi connectivity index (χ2n) is 7.72. The average molecular weight is 323 g/mol. The van der Waals surface area contributed by atoms with Crippen molar-refractivity contribution in [3.63, 3.8) is 0 Å². The molecule has 0 saturated heterocycles. The van der Waals surface area contributed by atoms with Crippen molar-refractivity contribution in [1.82, 2.24) is 15.5 Å². The molecule has 0 radical (unpaired) electrons. The molecule has 3 amide bonds. The standard InChI is InChI=1S/C18H33N3O2/c1-13(22)19-16-8-4-14(5-9-16)12-15-6-10-17(11-7-15)20-18(23)21(2)3/h14-17H,4-12H2,1-3H3,(H,19,22)(H,20,23). The fourth-order valence-electron chi connectivity index (χ4n) is 4.15. The maximum atomic E-state index is 11.7. The Morgan fingerprint density at radius 3 is 1.65 bits per heavy atom. The maximum Gasteiger partial charge on any atom is 0.317 e. The molecule has 2 aliphatic rings. The Hall–Kier alpha value is -1.26. The number of carbonyl (C=O) groups excluding carboxylic acids is 2. The van der Waals surface area contributed by atoms with Gasteiger partial charge in [0.2, 0.25) is 5.91 Å². The lowest BCUT2D eigenvalue weighted by molar-refractivity contribution is -0.119. The summed E-state index contributed by atoms with van der Waals surface area (Å²) in [6.07, 6.45) is 10.8. The molecule has 23 heavy (non-hydrogen) atoms. The highest BCUT2D eigenvalue weighted by molar-refractivity contribution is 5.73. The number of amides is 3. The summed E-state index contributed by atoms with van der Waals surface area (Å²) in [7, 11) is 3.58. The van der Waals surface area contributed by atoms with Crippen LogP contribution in [-0.2, 0) is 4.79 Å². The van der Waals surface area contributed by atoms with Crippen molar-refractivity contribution in [1.29, 1.82) is 0 Å². The number of nitrogens with zero attached hydrogens (tertiary/aromatic N) is 1. The summed E-state index contributed by atoms with van der Waals surface area (Å²) in [5, 5.41) is 6.17. The average Bonchev–Trinajstić information content (AvgIpc) is 2.50. The van der Waals surface area contributed by atoms with Crippen molar-refractivity contribution >= 4 is 11.9 Å². The van der Waals surface area contributed by atoms with Crippen LogP contribution in [0.2, 0.25) is 0 Å². The number of hydrogen-bond donors (Lipinski definition) is 2. The summed E-state index contributed by atoms with van der Waals surface area (Å²) in [5.41, 5.74) is 0. The maximum absolute atomic E-state index is 11.7. The molecule has 0 spiro atoms. The molecule has 2 aliphatic carbocycles. The molecule has 2 fully saturated rings. The molecule has 0 unspecified atom stereocenters. The Morgan fingerprint density at radius 1 is 0.826 bits per heavy atom. The molecule has 0 bridgehead atoms. The van der Waals surface area contributed by atoms with Crippen LogP contribution in [-0.4, -0.2) is 43.0 Å². The molecule has 5 heteroatoms. The van der Waals surface area contributed by atoms with Crippen LogP contribution < -0.4 is 10.6 Å². The first kappa shape index (κ1) is 18.1. The number of carbonyl (C=O) groups is 2. The lowest BCUT2D eigenvalue weighted by Gasteiger charge is -2.34. The van der Waals surface area contributed by atoms with Crippen LogP contribution in [0.15, 0.2) is 0 Å². The monoisotopic (exact) mass is 323 g/mol. The first-order valence-corrected chi connectivity index (χ1v) is 9.19. The Balaban J connectivity index is 1.63. The number of urea groups is 1. The molecule has 0 aromatic heterocycles. The van der Waals surface area contributed by atoms with Crippen LogP contribution in [0.1, 0.15) is 64.7 Å². The first-order chi connectivity index (χ1) is 10.9. The van der Waals surface area contributed by atoms with Crippen LogP contribution in [0.3, 0.4) is 0 Å². The second-order valence-corrected chi connectivity index (χ2v) is 7.72. The minimum Gasteiger partial charge on any atom is -0.354 e. The zero-order valence-electron chi connectivity index (χ0n) is 14.9. The quantitative estimate of drug-likeness (QED) is 0.835. The topological polar surface area (TPSA) is 61.4 Å². The van der Waals surface area contributed by atoms with Gasteiger partial charge in [0, 0.05) is 33.1 Å². The van der Waals surface area contributed by atoms with Crippen LogP contribution in [0, 0.1) is 11.8 Å². The first-order valence-electron chi connectivity index (χ1n) is 9.19. The Labute approximate surface area is 140 Å². The highest BCUT2D eigenvalue weighted by Crippen LogP contribution is 2.35. The van der Waals surface area contributed by atoms with Gasteiger partial charge in [-0.25, -0.2) is 4.79 Å². The van der Waals surface area contributed by atoms with E-state index in [1.54, 1.807) is 25.9 Å². The Morgan fingerprint density at radius 2 is 1.26 bits per heavy atom. The molecule has 132 valence electrons. The van der Waals surface area contributed by atoms with E-state index in [2.05, 4.69) is 10.6 Å². The van der Waals surface area contributed by atoms with Crippen LogP contribution in [0.4, 0.5) is 4.79 Å². The number of nitrogens with one attached hydrogen (secondary N) is 2. The molecule has 5 nitrogen and oxygen atoms in total. The van der Waals surface area contributed by atoms with Gasteiger partial charge < -0.3 is 15.5 Å². The molecule has 0 aliphatic heterocycles. The zero-order chi connectivity index (χ0) is 16.8. The van der Waals surface area contributed by atoms with Crippen molar-refractivity contribution in [2.45, 2.75) is 76.8 Å². The van der Waals surface area contributed by atoms with Crippen molar-refractivity contribution in [3.05, 3.63) is 0 Å². The summed E-state index contributed by atoms with van der Waals surface area (Å²) < 4.78 is 0. The molecule has 2 saturated carbocycles. The molecule has 0 atom stereocenters. The predicted octanol–water partition coefficient (Wildman–Crippen LogP) is 2.90. The molecule has 0 heterocycles. The summed E-state index contributed by atoms with van der Waals surface area (Å²) in [6, 6.07) is 0.794. The van der Waals surface area contributed by atoms with E-state index < -0.39 is 0 Å². The van der Waals surface area contributed by atoms with E-state index in [4.69, 9.17) is 0 Å². The summed E-state index contributed by atoms with van der Waals surface area (Å²) in [4.78, 5) is 24.4. The van der Waals surface area contributed by atoms with Gasteiger partial charge in [-0.1, -0.05) is 0 Å². The van der Waals surface area contributed by atoms with Crippen molar-refractivity contribution in [2.75, 3.05) is 14.1 Å². The number of hydrogen-bond acceptors (Lipinski definition) is 2. The highest BCUT2D eigenvalue weighted by atomic mass is 16.2. The SMILES string of the molecule is CC(=O)NC1CCC(CC2CCC(NC(=O)N(C)C)CC2)CC1. The fourth-order valence-corrected chi connectivity index (χ4v) is 4.15. The molecule has 0 aromatic carbocycles. The van der Waals surface area contributed by atoms with Gasteiger partial charge in [0.05, 0.1) is 0 Å². The smallest absolute Gasteiger partial charge is 0.317 e. The zero-order valence-corrected chi connectivity index (χ0v) is 14.9. The minimum atomic E-state index is 0.0322. The van der Waals surface area contributed by atoms with Gasteiger partial charge in [0.15, 0.2) is 0 Å². The normalized spacial score (nSPS) is 31.3. The lowest BCUT2D eigenvalue weighted by Crippen LogP contribution is -2.43. The van der Waals surface area contributed by atoms with E-state index in [1.165, 1.54) is 32.1 Å². The van der Waals surface area contributed by atoms with Gasteiger partial charge in [-0.3, -0.25) is 4.79 Å².